The monoisotopic (exact) mass is 285 g/mol. The molecule has 1 aliphatic rings. The highest BCUT2D eigenvalue weighted by Gasteiger charge is 2.35. The second kappa shape index (κ2) is 4.66. The molecule has 1 saturated heterocycles. The molecule has 1 aromatic carbocycles. The molecule has 2 aromatic rings. The fraction of sp³-hybridized carbons (Fsp3) is 0.462. The summed E-state index contributed by atoms with van der Waals surface area (Å²) in [6.07, 6.45) is -3.17. The van der Waals surface area contributed by atoms with Gasteiger partial charge in [-0.25, -0.2) is 4.79 Å². The third-order valence-corrected chi connectivity index (χ3v) is 3.72. The largest absolute Gasteiger partial charge is 0.418 e. The number of imidazole rings is 1. The van der Waals surface area contributed by atoms with E-state index in [2.05, 4.69) is 10.3 Å². The van der Waals surface area contributed by atoms with E-state index in [1.807, 2.05) is 0 Å². The van der Waals surface area contributed by atoms with Crippen LogP contribution in [0.25, 0.3) is 11.0 Å². The number of aromatic nitrogens is 2. The first-order chi connectivity index (χ1) is 9.48. The Kier molecular flexibility index (Phi) is 3.08. The van der Waals surface area contributed by atoms with E-state index in [0.717, 1.165) is 6.07 Å². The van der Waals surface area contributed by atoms with Gasteiger partial charge in [-0.05, 0) is 38.1 Å². The Hall–Kier alpha value is -1.76. The van der Waals surface area contributed by atoms with Gasteiger partial charge in [-0.3, -0.25) is 4.57 Å². The number of alkyl halides is 3. The summed E-state index contributed by atoms with van der Waals surface area (Å²) >= 11 is 0. The zero-order valence-corrected chi connectivity index (χ0v) is 10.6. The topological polar surface area (TPSA) is 49.8 Å². The molecule has 0 saturated carbocycles. The Morgan fingerprint density at radius 1 is 1.20 bits per heavy atom. The van der Waals surface area contributed by atoms with Gasteiger partial charge >= 0.3 is 11.9 Å². The molecule has 4 nitrogen and oxygen atoms in total. The third-order valence-electron chi connectivity index (χ3n) is 3.72. The summed E-state index contributed by atoms with van der Waals surface area (Å²) in [6.45, 7) is 1.41. The Labute approximate surface area is 112 Å². The summed E-state index contributed by atoms with van der Waals surface area (Å²) in [5.74, 6) is 0. The van der Waals surface area contributed by atoms with Crippen LogP contribution in [0.5, 0.6) is 0 Å². The second-order valence-corrected chi connectivity index (χ2v) is 4.98. The van der Waals surface area contributed by atoms with E-state index < -0.39 is 17.4 Å². The van der Waals surface area contributed by atoms with E-state index in [1.165, 1.54) is 16.7 Å². The normalized spacial score (nSPS) is 17.8. The van der Waals surface area contributed by atoms with Gasteiger partial charge in [0.05, 0.1) is 16.6 Å². The molecule has 7 heteroatoms. The minimum absolute atomic E-state index is 0.0306. The van der Waals surface area contributed by atoms with Gasteiger partial charge < -0.3 is 10.3 Å². The van der Waals surface area contributed by atoms with Crippen molar-refractivity contribution in [3.63, 3.8) is 0 Å². The van der Waals surface area contributed by atoms with Crippen molar-refractivity contribution in [1.82, 2.24) is 14.9 Å². The number of rotatable bonds is 1. The summed E-state index contributed by atoms with van der Waals surface area (Å²) in [5, 5.41) is 3.14. The molecule has 2 N–H and O–H groups in total. The zero-order valence-electron chi connectivity index (χ0n) is 10.6. The van der Waals surface area contributed by atoms with Crippen molar-refractivity contribution in [2.45, 2.75) is 25.1 Å². The molecule has 0 radical (unpaired) electrons. The quantitative estimate of drug-likeness (QED) is 0.844. The lowest BCUT2D eigenvalue weighted by Crippen LogP contribution is -2.33. The van der Waals surface area contributed by atoms with Gasteiger partial charge in [0.1, 0.15) is 0 Å². The van der Waals surface area contributed by atoms with Crippen LogP contribution in [-0.4, -0.2) is 22.6 Å². The summed E-state index contributed by atoms with van der Waals surface area (Å²) in [5.41, 5.74) is -1.02. The standard InChI is InChI=1S/C13H14F3N3O/c14-13(15,16)9-2-1-3-10-11(9)19(12(20)18-10)8-4-6-17-7-5-8/h1-3,8,17H,4-7H2,(H,18,20). The van der Waals surface area contributed by atoms with Crippen LogP contribution in [0.3, 0.4) is 0 Å². The highest BCUT2D eigenvalue weighted by molar-refractivity contribution is 5.79. The summed E-state index contributed by atoms with van der Waals surface area (Å²) < 4.78 is 40.7. The van der Waals surface area contributed by atoms with Crippen molar-refractivity contribution < 1.29 is 13.2 Å². The minimum Gasteiger partial charge on any atom is -0.317 e. The van der Waals surface area contributed by atoms with Gasteiger partial charge in [0.25, 0.3) is 0 Å². The number of para-hydroxylation sites is 1. The minimum atomic E-state index is -4.47. The number of fused-ring (bicyclic) bond motifs is 1. The van der Waals surface area contributed by atoms with Crippen molar-refractivity contribution in [2.24, 2.45) is 0 Å². The van der Waals surface area contributed by atoms with Gasteiger partial charge in [-0.2, -0.15) is 13.2 Å². The number of piperidine rings is 1. The van der Waals surface area contributed by atoms with Crippen molar-refractivity contribution in [3.8, 4) is 0 Å². The van der Waals surface area contributed by atoms with E-state index in [-0.39, 0.29) is 17.1 Å². The van der Waals surface area contributed by atoms with Gasteiger partial charge in [-0.15, -0.1) is 0 Å². The van der Waals surface area contributed by atoms with Gasteiger partial charge in [-0.1, -0.05) is 6.07 Å². The molecule has 1 fully saturated rings. The number of aromatic amines is 1. The van der Waals surface area contributed by atoms with E-state index in [0.29, 0.717) is 25.9 Å². The van der Waals surface area contributed by atoms with Crippen LogP contribution < -0.4 is 11.0 Å². The van der Waals surface area contributed by atoms with Crippen LogP contribution >= 0.6 is 0 Å². The lowest BCUT2D eigenvalue weighted by molar-refractivity contribution is -0.136. The van der Waals surface area contributed by atoms with Crippen molar-refractivity contribution in [3.05, 3.63) is 34.2 Å². The van der Waals surface area contributed by atoms with E-state index in [9.17, 15) is 18.0 Å². The summed E-state index contributed by atoms with van der Waals surface area (Å²) in [4.78, 5) is 14.6. The Morgan fingerprint density at radius 2 is 1.90 bits per heavy atom. The molecular formula is C13H14F3N3O. The molecule has 108 valence electrons. The number of hydrogen-bond donors (Lipinski definition) is 2. The summed E-state index contributed by atoms with van der Waals surface area (Å²) in [7, 11) is 0. The number of nitrogens with one attached hydrogen (secondary N) is 2. The van der Waals surface area contributed by atoms with E-state index in [1.54, 1.807) is 0 Å². The molecule has 2 heterocycles. The number of hydrogen-bond acceptors (Lipinski definition) is 2. The first-order valence-electron chi connectivity index (χ1n) is 6.49. The predicted octanol–water partition coefficient (Wildman–Crippen LogP) is 2.27. The molecule has 3 rings (SSSR count). The molecular weight excluding hydrogens is 271 g/mol. The Morgan fingerprint density at radius 3 is 2.55 bits per heavy atom. The Bertz CT molecular complexity index is 680. The second-order valence-electron chi connectivity index (χ2n) is 4.98. The van der Waals surface area contributed by atoms with Gasteiger partial charge in [0, 0.05) is 6.04 Å². The average Bonchev–Trinajstić information content (AvgIpc) is 2.74. The van der Waals surface area contributed by atoms with Crippen molar-refractivity contribution in [1.29, 1.82) is 0 Å². The summed E-state index contributed by atoms with van der Waals surface area (Å²) in [6, 6.07) is 3.64. The zero-order chi connectivity index (χ0) is 14.3. The Balaban J connectivity index is 2.25. The molecule has 0 amide bonds. The average molecular weight is 285 g/mol. The fourth-order valence-corrected chi connectivity index (χ4v) is 2.82. The van der Waals surface area contributed by atoms with Crippen LogP contribution in [0.1, 0.15) is 24.4 Å². The molecule has 0 spiro atoms. The SMILES string of the molecule is O=c1[nH]c2cccc(C(F)(F)F)c2n1C1CCNCC1. The van der Waals surface area contributed by atoms with E-state index in [4.69, 9.17) is 0 Å². The lowest BCUT2D eigenvalue weighted by Gasteiger charge is -2.24. The predicted molar refractivity (Wildman–Crippen MR) is 68.7 cm³/mol. The van der Waals surface area contributed by atoms with Crippen LogP contribution in [0.4, 0.5) is 13.2 Å². The molecule has 1 aliphatic heterocycles. The van der Waals surface area contributed by atoms with Gasteiger partial charge in [0.15, 0.2) is 0 Å². The molecule has 0 aliphatic carbocycles. The molecule has 1 aromatic heterocycles. The lowest BCUT2D eigenvalue weighted by atomic mass is 10.1. The number of halogens is 3. The maximum Gasteiger partial charge on any atom is 0.418 e. The van der Waals surface area contributed by atoms with Crippen LogP contribution in [0.15, 0.2) is 23.0 Å². The molecule has 20 heavy (non-hydrogen) atoms. The number of nitrogens with zero attached hydrogens (tertiary/aromatic N) is 1. The molecule has 0 unspecified atom stereocenters. The van der Waals surface area contributed by atoms with Crippen molar-refractivity contribution >= 4 is 11.0 Å². The first kappa shape index (κ1) is 13.2. The first-order valence-corrected chi connectivity index (χ1v) is 6.49. The molecule has 0 bridgehead atoms. The maximum atomic E-state index is 13.1. The van der Waals surface area contributed by atoms with Gasteiger partial charge in [0.2, 0.25) is 0 Å². The van der Waals surface area contributed by atoms with E-state index >= 15 is 0 Å². The van der Waals surface area contributed by atoms with Crippen LogP contribution in [0.2, 0.25) is 0 Å². The van der Waals surface area contributed by atoms with Crippen LogP contribution in [0, 0.1) is 0 Å². The number of benzene rings is 1. The van der Waals surface area contributed by atoms with Crippen LogP contribution in [-0.2, 0) is 6.18 Å². The maximum absolute atomic E-state index is 13.1. The van der Waals surface area contributed by atoms with Crippen molar-refractivity contribution in [2.75, 3.05) is 13.1 Å². The highest BCUT2D eigenvalue weighted by Crippen LogP contribution is 2.35. The number of H-pyrrole nitrogens is 1. The smallest absolute Gasteiger partial charge is 0.317 e. The molecule has 0 atom stereocenters. The fourth-order valence-electron chi connectivity index (χ4n) is 2.82. The highest BCUT2D eigenvalue weighted by atomic mass is 19.4. The third kappa shape index (κ3) is 2.11.